The summed E-state index contributed by atoms with van der Waals surface area (Å²) in [6.07, 6.45) is 0. The van der Waals surface area contributed by atoms with E-state index >= 15 is 0 Å². The smallest absolute Gasteiger partial charge is 0.325 e. The van der Waals surface area contributed by atoms with Gasteiger partial charge in [0, 0.05) is 6.54 Å². The molecule has 0 aliphatic heterocycles. The number of benzene rings is 1. The Balaban J connectivity index is 2.52. The van der Waals surface area contributed by atoms with Crippen molar-refractivity contribution < 1.29 is 14.6 Å². The minimum absolute atomic E-state index is 0.265. The van der Waals surface area contributed by atoms with Crippen molar-refractivity contribution in [2.24, 2.45) is 0 Å². The van der Waals surface area contributed by atoms with Crippen molar-refractivity contribution in [2.75, 3.05) is 13.7 Å². The summed E-state index contributed by atoms with van der Waals surface area (Å²) in [5, 5.41) is 11.9. The van der Waals surface area contributed by atoms with Crippen LogP contribution in [0.15, 0.2) is 24.3 Å². The second-order valence-electron chi connectivity index (χ2n) is 3.63. The normalized spacial score (nSPS) is 12.2. The zero-order chi connectivity index (χ0) is 12.0. The number of aliphatic hydroxyl groups excluding tert-OH is 1. The van der Waals surface area contributed by atoms with Gasteiger partial charge in [0.25, 0.3) is 0 Å². The average Bonchev–Trinajstić information content (AvgIpc) is 2.29. The van der Waals surface area contributed by atoms with Gasteiger partial charge in [0.15, 0.2) is 0 Å². The van der Waals surface area contributed by atoms with Crippen molar-refractivity contribution in [3.63, 3.8) is 0 Å². The van der Waals surface area contributed by atoms with Gasteiger partial charge in [-0.1, -0.05) is 29.8 Å². The molecule has 0 aliphatic rings. The number of carbonyl (C=O) groups excluding carboxylic acids is 1. The Hall–Kier alpha value is -1.39. The van der Waals surface area contributed by atoms with Crippen LogP contribution in [0.5, 0.6) is 0 Å². The first-order valence-corrected chi connectivity index (χ1v) is 5.15. The summed E-state index contributed by atoms with van der Waals surface area (Å²) < 4.78 is 4.55. The standard InChI is InChI=1S/C12H17NO3/c1-9-4-3-5-10(6-9)7-13-11(8-14)12(15)16-2/h3-6,11,13-14H,7-8H2,1-2H3/t11-/m0/s1. The van der Waals surface area contributed by atoms with Crippen molar-refractivity contribution >= 4 is 5.97 Å². The highest BCUT2D eigenvalue weighted by atomic mass is 16.5. The van der Waals surface area contributed by atoms with Crippen molar-refractivity contribution in [3.8, 4) is 0 Å². The number of hydrogen-bond acceptors (Lipinski definition) is 4. The fraction of sp³-hybridized carbons (Fsp3) is 0.417. The van der Waals surface area contributed by atoms with Crippen LogP contribution in [0.1, 0.15) is 11.1 Å². The molecule has 0 fully saturated rings. The molecule has 2 N–H and O–H groups in total. The number of ether oxygens (including phenoxy) is 1. The molecule has 0 bridgehead atoms. The Kier molecular flexibility index (Phi) is 4.95. The molecule has 1 atom stereocenters. The Bertz CT molecular complexity index is 352. The predicted molar refractivity (Wildman–Crippen MR) is 60.9 cm³/mol. The lowest BCUT2D eigenvalue weighted by atomic mass is 10.1. The van der Waals surface area contributed by atoms with Gasteiger partial charge in [-0.25, -0.2) is 0 Å². The molecule has 1 aromatic carbocycles. The summed E-state index contributed by atoms with van der Waals surface area (Å²) in [5.41, 5.74) is 2.24. The van der Waals surface area contributed by atoms with Crippen LogP contribution in [0.3, 0.4) is 0 Å². The van der Waals surface area contributed by atoms with Crippen LogP contribution < -0.4 is 5.32 Å². The van der Waals surface area contributed by atoms with Gasteiger partial charge in [0.2, 0.25) is 0 Å². The first-order valence-electron chi connectivity index (χ1n) is 5.15. The Labute approximate surface area is 95.2 Å². The molecule has 16 heavy (non-hydrogen) atoms. The van der Waals surface area contributed by atoms with E-state index in [4.69, 9.17) is 5.11 Å². The van der Waals surface area contributed by atoms with Crippen LogP contribution in [0.4, 0.5) is 0 Å². The predicted octanol–water partition coefficient (Wildman–Crippen LogP) is 0.619. The lowest BCUT2D eigenvalue weighted by molar-refractivity contribution is -0.144. The van der Waals surface area contributed by atoms with E-state index in [9.17, 15) is 4.79 Å². The van der Waals surface area contributed by atoms with Gasteiger partial charge in [-0.3, -0.25) is 10.1 Å². The molecule has 0 unspecified atom stereocenters. The molecule has 1 aromatic rings. The van der Waals surface area contributed by atoms with E-state index < -0.39 is 12.0 Å². The molecule has 0 saturated heterocycles. The van der Waals surface area contributed by atoms with Crippen molar-refractivity contribution in [1.82, 2.24) is 5.32 Å². The number of aryl methyl sites for hydroxylation is 1. The Morgan fingerprint density at radius 1 is 1.56 bits per heavy atom. The highest BCUT2D eigenvalue weighted by molar-refractivity contribution is 5.75. The molecule has 88 valence electrons. The molecule has 4 nitrogen and oxygen atoms in total. The van der Waals surface area contributed by atoms with Gasteiger partial charge in [0.05, 0.1) is 13.7 Å². The van der Waals surface area contributed by atoms with Crippen LogP contribution in [-0.4, -0.2) is 30.8 Å². The molecule has 0 heterocycles. The zero-order valence-electron chi connectivity index (χ0n) is 9.56. The lowest BCUT2D eigenvalue weighted by Crippen LogP contribution is -2.40. The second-order valence-corrected chi connectivity index (χ2v) is 3.63. The summed E-state index contributed by atoms with van der Waals surface area (Å²) >= 11 is 0. The largest absolute Gasteiger partial charge is 0.468 e. The van der Waals surface area contributed by atoms with E-state index in [2.05, 4.69) is 10.1 Å². The van der Waals surface area contributed by atoms with Crippen LogP contribution in [0.25, 0.3) is 0 Å². The maximum absolute atomic E-state index is 11.2. The van der Waals surface area contributed by atoms with E-state index in [0.717, 1.165) is 11.1 Å². The monoisotopic (exact) mass is 223 g/mol. The van der Waals surface area contributed by atoms with Gasteiger partial charge in [0.1, 0.15) is 6.04 Å². The molecule has 0 aliphatic carbocycles. The number of aliphatic hydroxyl groups is 1. The quantitative estimate of drug-likeness (QED) is 0.718. The van der Waals surface area contributed by atoms with Crippen LogP contribution in [0.2, 0.25) is 0 Å². The van der Waals surface area contributed by atoms with Crippen molar-refractivity contribution in [3.05, 3.63) is 35.4 Å². The fourth-order valence-corrected chi connectivity index (χ4v) is 1.43. The third kappa shape index (κ3) is 3.64. The molecular formula is C12H17NO3. The molecular weight excluding hydrogens is 206 g/mol. The number of rotatable bonds is 5. The molecule has 0 amide bonds. The number of nitrogens with one attached hydrogen (secondary N) is 1. The average molecular weight is 223 g/mol. The maximum Gasteiger partial charge on any atom is 0.325 e. The first-order chi connectivity index (χ1) is 7.67. The van der Waals surface area contributed by atoms with E-state index in [-0.39, 0.29) is 6.61 Å². The minimum atomic E-state index is -0.662. The fourth-order valence-electron chi connectivity index (χ4n) is 1.43. The van der Waals surface area contributed by atoms with Crippen LogP contribution >= 0.6 is 0 Å². The van der Waals surface area contributed by atoms with Crippen LogP contribution in [0, 0.1) is 6.92 Å². The Morgan fingerprint density at radius 2 is 2.31 bits per heavy atom. The van der Waals surface area contributed by atoms with E-state index in [1.54, 1.807) is 0 Å². The number of hydrogen-bond donors (Lipinski definition) is 2. The highest BCUT2D eigenvalue weighted by Crippen LogP contribution is 2.03. The minimum Gasteiger partial charge on any atom is -0.468 e. The van der Waals surface area contributed by atoms with E-state index in [1.807, 2.05) is 31.2 Å². The van der Waals surface area contributed by atoms with Crippen LogP contribution in [-0.2, 0) is 16.1 Å². The number of methoxy groups -OCH3 is 1. The third-order valence-electron chi connectivity index (χ3n) is 2.30. The molecule has 1 rings (SSSR count). The molecule has 0 spiro atoms. The maximum atomic E-state index is 11.2. The summed E-state index contributed by atoms with van der Waals surface area (Å²) in [6, 6.07) is 7.29. The number of carbonyl (C=O) groups is 1. The second kappa shape index (κ2) is 6.25. The van der Waals surface area contributed by atoms with Gasteiger partial charge in [-0.2, -0.15) is 0 Å². The molecule has 0 radical (unpaired) electrons. The zero-order valence-corrected chi connectivity index (χ0v) is 9.56. The Morgan fingerprint density at radius 3 is 2.88 bits per heavy atom. The lowest BCUT2D eigenvalue weighted by Gasteiger charge is -2.13. The van der Waals surface area contributed by atoms with Gasteiger partial charge in [-0.05, 0) is 12.5 Å². The van der Waals surface area contributed by atoms with Gasteiger partial charge < -0.3 is 9.84 Å². The number of esters is 1. The van der Waals surface area contributed by atoms with Gasteiger partial charge >= 0.3 is 5.97 Å². The SMILES string of the molecule is COC(=O)[C@H](CO)NCc1cccc(C)c1. The molecule has 0 saturated carbocycles. The molecule has 4 heteroatoms. The first kappa shape index (κ1) is 12.7. The summed E-state index contributed by atoms with van der Waals surface area (Å²) in [4.78, 5) is 11.2. The third-order valence-corrected chi connectivity index (χ3v) is 2.30. The van der Waals surface area contributed by atoms with E-state index in [1.165, 1.54) is 7.11 Å². The highest BCUT2D eigenvalue weighted by Gasteiger charge is 2.16. The summed E-state index contributed by atoms with van der Waals surface area (Å²) in [7, 11) is 1.30. The van der Waals surface area contributed by atoms with Crippen molar-refractivity contribution in [2.45, 2.75) is 19.5 Å². The summed E-state index contributed by atoms with van der Waals surface area (Å²) in [5.74, 6) is -0.449. The topological polar surface area (TPSA) is 58.6 Å². The van der Waals surface area contributed by atoms with Gasteiger partial charge in [-0.15, -0.1) is 0 Å². The van der Waals surface area contributed by atoms with E-state index in [0.29, 0.717) is 6.54 Å². The summed E-state index contributed by atoms with van der Waals surface area (Å²) in [6.45, 7) is 2.27. The van der Waals surface area contributed by atoms with Crippen molar-refractivity contribution in [1.29, 1.82) is 0 Å². The molecule has 0 aromatic heterocycles.